The van der Waals surface area contributed by atoms with E-state index in [4.69, 9.17) is 0 Å². The van der Waals surface area contributed by atoms with Crippen LogP contribution in [0.4, 0.5) is 5.13 Å². The van der Waals surface area contributed by atoms with Gasteiger partial charge >= 0.3 is 0 Å². The molecule has 2 heterocycles. The van der Waals surface area contributed by atoms with Crippen molar-refractivity contribution in [3.05, 3.63) is 35.2 Å². The van der Waals surface area contributed by atoms with Crippen molar-refractivity contribution >= 4 is 34.8 Å². The normalized spacial score (nSPS) is 14.9. The van der Waals surface area contributed by atoms with Crippen LogP contribution >= 0.6 is 23.7 Å². The Kier molecular flexibility index (Phi) is 7.21. The number of aryl methyl sites for hydroxylation is 1. The summed E-state index contributed by atoms with van der Waals surface area (Å²) in [5, 5.41) is 8.97. The molecule has 0 saturated carbocycles. The number of nitrogens with one attached hydrogen (secondary N) is 2. The van der Waals surface area contributed by atoms with Gasteiger partial charge in [-0.3, -0.25) is 4.79 Å². The van der Waals surface area contributed by atoms with Crippen molar-refractivity contribution < 1.29 is 4.79 Å². The summed E-state index contributed by atoms with van der Waals surface area (Å²) in [5.74, 6) is 0.759. The largest absolute Gasteiger partial charge is 0.317 e. The molecule has 0 atom stereocenters. The first-order valence-electron chi connectivity index (χ1n) is 8.24. The minimum absolute atomic E-state index is 0. The van der Waals surface area contributed by atoms with Crippen LogP contribution < -0.4 is 10.6 Å². The van der Waals surface area contributed by atoms with Crippen LogP contribution in [0.5, 0.6) is 0 Å². The molecule has 130 valence electrons. The fraction of sp³-hybridized carbons (Fsp3) is 0.444. The molecule has 24 heavy (non-hydrogen) atoms. The van der Waals surface area contributed by atoms with Crippen LogP contribution in [0.1, 0.15) is 31.2 Å². The lowest BCUT2D eigenvalue weighted by atomic mass is 9.93. The number of piperidine rings is 1. The predicted octanol–water partition coefficient (Wildman–Crippen LogP) is 4.26. The zero-order chi connectivity index (χ0) is 16.1. The number of halogens is 1. The highest BCUT2D eigenvalue weighted by atomic mass is 35.5. The van der Waals surface area contributed by atoms with Gasteiger partial charge in [0.25, 0.3) is 0 Å². The monoisotopic (exact) mass is 365 g/mol. The van der Waals surface area contributed by atoms with Gasteiger partial charge in [-0.15, -0.1) is 23.7 Å². The second kappa shape index (κ2) is 9.16. The number of nitrogens with zero attached hydrogens (tertiary/aromatic N) is 1. The number of aromatic nitrogens is 1. The minimum atomic E-state index is 0. The molecule has 0 radical (unpaired) electrons. The molecule has 0 unspecified atom stereocenters. The van der Waals surface area contributed by atoms with Crippen molar-refractivity contribution in [1.82, 2.24) is 10.3 Å². The van der Waals surface area contributed by atoms with Crippen LogP contribution in [0.25, 0.3) is 11.3 Å². The standard InChI is InChI=1S/C18H23N3OS.ClH/c1-13-2-5-15(6-3-13)16-12-23-18(20-16)21-17(22)7-4-14-8-10-19-11-9-14;/h2-3,5-6,12,14,19H,4,7-11H2,1H3,(H,20,21,22);1H. The van der Waals surface area contributed by atoms with Crippen LogP contribution in [0.2, 0.25) is 0 Å². The number of anilines is 1. The van der Waals surface area contributed by atoms with E-state index in [-0.39, 0.29) is 18.3 Å². The van der Waals surface area contributed by atoms with Gasteiger partial charge in [0, 0.05) is 17.4 Å². The summed E-state index contributed by atoms with van der Waals surface area (Å²) in [6.07, 6.45) is 3.93. The molecule has 1 aliphatic rings. The quantitative estimate of drug-likeness (QED) is 0.832. The second-order valence-corrected chi connectivity index (χ2v) is 7.04. The summed E-state index contributed by atoms with van der Waals surface area (Å²) in [4.78, 5) is 16.6. The highest BCUT2D eigenvalue weighted by molar-refractivity contribution is 7.14. The van der Waals surface area contributed by atoms with Crippen LogP contribution in [0, 0.1) is 12.8 Å². The van der Waals surface area contributed by atoms with Crippen molar-refractivity contribution in [3.8, 4) is 11.3 Å². The van der Waals surface area contributed by atoms with E-state index in [1.165, 1.54) is 29.7 Å². The summed E-state index contributed by atoms with van der Waals surface area (Å²) in [6.45, 7) is 4.23. The molecule has 1 aromatic heterocycles. The molecule has 2 aromatic rings. The van der Waals surface area contributed by atoms with Gasteiger partial charge in [0.05, 0.1) is 5.69 Å². The molecule has 2 N–H and O–H groups in total. The van der Waals surface area contributed by atoms with E-state index in [0.29, 0.717) is 17.5 Å². The van der Waals surface area contributed by atoms with Crippen LogP contribution in [-0.4, -0.2) is 24.0 Å². The zero-order valence-corrected chi connectivity index (χ0v) is 15.5. The third kappa shape index (κ3) is 5.30. The van der Waals surface area contributed by atoms with E-state index in [9.17, 15) is 4.79 Å². The topological polar surface area (TPSA) is 54.0 Å². The molecule has 0 bridgehead atoms. The van der Waals surface area contributed by atoms with E-state index >= 15 is 0 Å². The fourth-order valence-electron chi connectivity index (χ4n) is 2.88. The minimum Gasteiger partial charge on any atom is -0.317 e. The number of thiazole rings is 1. The average Bonchev–Trinajstić information content (AvgIpc) is 3.03. The SMILES string of the molecule is Cc1ccc(-c2csc(NC(=O)CCC3CCNCC3)n2)cc1.Cl. The van der Waals surface area contributed by atoms with Gasteiger partial charge in [0.15, 0.2) is 5.13 Å². The van der Waals surface area contributed by atoms with Gasteiger partial charge in [-0.25, -0.2) is 4.98 Å². The number of hydrogen-bond donors (Lipinski definition) is 2. The van der Waals surface area contributed by atoms with Gasteiger partial charge in [0.2, 0.25) is 5.91 Å². The van der Waals surface area contributed by atoms with Crippen molar-refractivity contribution in [3.63, 3.8) is 0 Å². The highest BCUT2D eigenvalue weighted by Gasteiger charge is 2.15. The highest BCUT2D eigenvalue weighted by Crippen LogP contribution is 2.25. The summed E-state index contributed by atoms with van der Waals surface area (Å²) < 4.78 is 0. The van der Waals surface area contributed by atoms with Gasteiger partial charge in [-0.1, -0.05) is 29.8 Å². The van der Waals surface area contributed by atoms with Crippen LogP contribution in [0.3, 0.4) is 0 Å². The lowest BCUT2D eigenvalue weighted by molar-refractivity contribution is -0.116. The molecule has 0 aliphatic carbocycles. The Labute approximate surface area is 153 Å². The van der Waals surface area contributed by atoms with Gasteiger partial charge in [-0.2, -0.15) is 0 Å². The number of carbonyl (C=O) groups excluding carboxylic acids is 1. The van der Waals surface area contributed by atoms with Gasteiger partial charge in [0.1, 0.15) is 0 Å². The summed E-state index contributed by atoms with van der Waals surface area (Å²) in [7, 11) is 0. The Morgan fingerprint density at radius 1 is 1.29 bits per heavy atom. The van der Waals surface area contributed by atoms with Crippen LogP contribution in [0.15, 0.2) is 29.6 Å². The fourth-order valence-corrected chi connectivity index (χ4v) is 3.61. The lowest BCUT2D eigenvalue weighted by Gasteiger charge is -2.21. The Morgan fingerprint density at radius 2 is 2.00 bits per heavy atom. The summed E-state index contributed by atoms with van der Waals surface area (Å²) in [5.41, 5.74) is 3.24. The van der Waals surface area contributed by atoms with E-state index in [1.54, 1.807) is 0 Å². The van der Waals surface area contributed by atoms with E-state index in [1.807, 2.05) is 5.38 Å². The molecule has 3 rings (SSSR count). The predicted molar refractivity (Wildman–Crippen MR) is 103 cm³/mol. The molecule has 1 amide bonds. The lowest BCUT2D eigenvalue weighted by Crippen LogP contribution is -2.28. The van der Waals surface area contributed by atoms with Gasteiger partial charge < -0.3 is 10.6 Å². The summed E-state index contributed by atoms with van der Waals surface area (Å²) in [6, 6.07) is 8.28. The maximum atomic E-state index is 12.1. The first-order valence-corrected chi connectivity index (χ1v) is 9.12. The van der Waals surface area contributed by atoms with Crippen molar-refractivity contribution in [2.45, 2.75) is 32.6 Å². The molecule has 1 fully saturated rings. The van der Waals surface area contributed by atoms with E-state index in [0.717, 1.165) is 30.8 Å². The van der Waals surface area contributed by atoms with E-state index < -0.39 is 0 Å². The smallest absolute Gasteiger partial charge is 0.226 e. The Bertz CT molecular complexity index is 651. The number of carbonyl (C=O) groups is 1. The third-order valence-corrected chi connectivity index (χ3v) is 5.09. The zero-order valence-electron chi connectivity index (χ0n) is 13.9. The van der Waals surface area contributed by atoms with Crippen molar-refractivity contribution in [1.29, 1.82) is 0 Å². The molecule has 4 nitrogen and oxygen atoms in total. The maximum absolute atomic E-state index is 12.1. The van der Waals surface area contributed by atoms with Gasteiger partial charge in [-0.05, 0) is 45.2 Å². The first kappa shape index (κ1) is 18.9. The number of benzene rings is 1. The first-order chi connectivity index (χ1) is 11.2. The molecule has 1 saturated heterocycles. The van der Waals surface area contributed by atoms with Crippen LogP contribution in [-0.2, 0) is 4.79 Å². The Hall–Kier alpha value is -1.43. The average molecular weight is 366 g/mol. The number of amides is 1. The molecule has 0 spiro atoms. The number of rotatable bonds is 5. The molecule has 1 aromatic carbocycles. The molecule has 1 aliphatic heterocycles. The van der Waals surface area contributed by atoms with Crippen molar-refractivity contribution in [2.75, 3.05) is 18.4 Å². The van der Waals surface area contributed by atoms with E-state index in [2.05, 4.69) is 46.8 Å². The molecular weight excluding hydrogens is 342 g/mol. The molecular formula is C18H24ClN3OS. The second-order valence-electron chi connectivity index (χ2n) is 6.18. The summed E-state index contributed by atoms with van der Waals surface area (Å²) >= 11 is 1.49. The Morgan fingerprint density at radius 3 is 2.71 bits per heavy atom. The number of hydrogen-bond acceptors (Lipinski definition) is 4. The molecule has 6 heteroatoms. The van der Waals surface area contributed by atoms with Crippen molar-refractivity contribution in [2.24, 2.45) is 5.92 Å². The Balaban J connectivity index is 0.00000208. The maximum Gasteiger partial charge on any atom is 0.226 e. The third-order valence-electron chi connectivity index (χ3n) is 4.34.